The molecule has 6 heterocycles. The summed E-state index contributed by atoms with van der Waals surface area (Å²) >= 11 is 0. The maximum atomic E-state index is 14.5. The smallest absolute Gasteiger partial charge is 0.246 e. The number of likely N-dealkylation sites (tertiary alicyclic amines) is 2. The second-order valence-electron chi connectivity index (χ2n) is 10.3. The number of halogens is 1. The van der Waals surface area contributed by atoms with Gasteiger partial charge in [0.1, 0.15) is 16.5 Å². The number of fused-ring (bicyclic) bond motifs is 1. The summed E-state index contributed by atoms with van der Waals surface area (Å²) in [5.41, 5.74) is 1.10. The Labute approximate surface area is 240 Å². The van der Waals surface area contributed by atoms with Gasteiger partial charge in [0.15, 0.2) is 10.8 Å². The van der Waals surface area contributed by atoms with Gasteiger partial charge < -0.3 is 9.80 Å². The fourth-order valence-electron chi connectivity index (χ4n) is 5.44. The van der Waals surface area contributed by atoms with Crippen molar-refractivity contribution in [3.8, 4) is 17.2 Å². The lowest BCUT2D eigenvalue weighted by Gasteiger charge is -2.41. The quantitative estimate of drug-likeness (QED) is 0.312. The minimum Gasteiger partial charge on any atom is -0.342 e. The van der Waals surface area contributed by atoms with E-state index in [1.165, 1.54) is 35.1 Å². The summed E-state index contributed by atoms with van der Waals surface area (Å²) < 4.78 is 44.8. The molecule has 4 aromatic heterocycles. The van der Waals surface area contributed by atoms with Crippen LogP contribution in [-0.4, -0.2) is 80.6 Å². The first kappa shape index (κ1) is 27.3. The van der Waals surface area contributed by atoms with Gasteiger partial charge in [-0.25, -0.2) is 22.3 Å². The van der Waals surface area contributed by atoms with Crippen LogP contribution in [0.3, 0.4) is 0 Å². The molecule has 2 aliphatic rings. The molecule has 2 aliphatic heterocycles. The molecule has 2 amide bonds. The first-order valence-corrected chi connectivity index (χ1v) is 14.7. The van der Waals surface area contributed by atoms with Crippen molar-refractivity contribution < 1.29 is 22.4 Å². The van der Waals surface area contributed by atoms with Crippen LogP contribution in [0.5, 0.6) is 0 Å². The van der Waals surface area contributed by atoms with E-state index in [2.05, 4.69) is 21.8 Å². The molecular formula is C28H25FN8O4S. The summed E-state index contributed by atoms with van der Waals surface area (Å²) in [6.45, 7) is 5.40. The molecule has 0 aromatic carbocycles. The normalized spacial score (nSPS) is 16.3. The predicted octanol–water partition coefficient (Wildman–Crippen LogP) is 2.24. The number of rotatable bonds is 6. The zero-order valence-corrected chi connectivity index (χ0v) is 23.1. The molecule has 6 rings (SSSR count). The average Bonchev–Trinajstić information content (AvgIpc) is 3.63. The monoisotopic (exact) mass is 588 g/mol. The van der Waals surface area contributed by atoms with E-state index < -0.39 is 20.7 Å². The van der Waals surface area contributed by atoms with Crippen molar-refractivity contribution in [2.75, 3.05) is 26.2 Å². The number of piperidine rings is 1. The molecule has 2 fully saturated rings. The van der Waals surface area contributed by atoms with Crippen molar-refractivity contribution in [3.05, 3.63) is 73.2 Å². The number of carbonyl (C=O) groups is 2. The van der Waals surface area contributed by atoms with Crippen molar-refractivity contribution >= 4 is 27.2 Å². The molecule has 0 atom stereocenters. The van der Waals surface area contributed by atoms with E-state index in [1.807, 2.05) is 11.0 Å². The largest absolute Gasteiger partial charge is 0.342 e. The van der Waals surface area contributed by atoms with Crippen LogP contribution in [0.4, 0.5) is 4.39 Å². The van der Waals surface area contributed by atoms with Gasteiger partial charge >= 0.3 is 0 Å². The Balaban J connectivity index is 1.23. The van der Waals surface area contributed by atoms with Gasteiger partial charge in [-0.15, -0.1) is 0 Å². The van der Waals surface area contributed by atoms with Crippen molar-refractivity contribution in [2.45, 2.75) is 28.8 Å². The van der Waals surface area contributed by atoms with Crippen LogP contribution in [0.1, 0.15) is 24.4 Å². The number of carbonyl (C=O) groups excluding carboxylic acids is 2. The zero-order chi connectivity index (χ0) is 29.6. The summed E-state index contributed by atoms with van der Waals surface area (Å²) in [6.07, 6.45) is 10.0. The number of nitriles is 1. The summed E-state index contributed by atoms with van der Waals surface area (Å²) in [7, 11) is -4.46. The molecule has 14 heteroatoms. The number of aromatic nitrogens is 5. The molecular weight excluding hydrogens is 563 g/mol. The maximum absolute atomic E-state index is 14.5. The third-order valence-electron chi connectivity index (χ3n) is 7.77. The summed E-state index contributed by atoms with van der Waals surface area (Å²) in [5, 5.41) is 17.5. The molecule has 0 radical (unpaired) electrons. The van der Waals surface area contributed by atoms with E-state index >= 15 is 0 Å². The molecule has 0 N–H and O–H groups in total. The third-order valence-corrected chi connectivity index (χ3v) is 9.47. The Morgan fingerprint density at radius 1 is 1.10 bits per heavy atom. The SMILES string of the molecule is C=CC(=O)N1CC(C(=O)N2CCC(n3cc(-c4cc(S(=O)(=O)c5ncccc5F)c5c(C#N)cnn5c4)cn3)CC2)C1. The third kappa shape index (κ3) is 4.61. The Bertz CT molecular complexity index is 1880. The van der Waals surface area contributed by atoms with Gasteiger partial charge in [-0.3, -0.25) is 14.3 Å². The highest BCUT2D eigenvalue weighted by atomic mass is 32.2. The second-order valence-corrected chi connectivity index (χ2v) is 12.1. The fourth-order valence-corrected chi connectivity index (χ4v) is 6.91. The van der Waals surface area contributed by atoms with Crippen LogP contribution >= 0.6 is 0 Å². The highest BCUT2D eigenvalue weighted by Gasteiger charge is 2.38. The van der Waals surface area contributed by atoms with E-state index in [1.54, 1.807) is 28.2 Å². The number of pyridine rings is 2. The maximum Gasteiger partial charge on any atom is 0.246 e. The van der Waals surface area contributed by atoms with Crippen LogP contribution in [-0.2, 0) is 19.4 Å². The second kappa shape index (κ2) is 10.5. The van der Waals surface area contributed by atoms with Gasteiger partial charge in [-0.2, -0.15) is 15.5 Å². The Morgan fingerprint density at radius 3 is 2.55 bits per heavy atom. The van der Waals surface area contributed by atoms with E-state index in [9.17, 15) is 27.7 Å². The summed E-state index contributed by atoms with van der Waals surface area (Å²) in [5.74, 6) is -1.31. The van der Waals surface area contributed by atoms with Crippen molar-refractivity contribution in [1.29, 1.82) is 5.26 Å². The van der Waals surface area contributed by atoms with Gasteiger partial charge in [-0.1, -0.05) is 6.58 Å². The molecule has 42 heavy (non-hydrogen) atoms. The van der Waals surface area contributed by atoms with Crippen LogP contribution in [0.2, 0.25) is 0 Å². The lowest BCUT2D eigenvalue weighted by molar-refractivity contribution is -0.147. The molecule has 4 aromatic rings. The Morgan fingerprint density at radius 2 is 1.86 bits per heavy atom. The van der Waals surface area contributed by atoms with Gasteiger partial charge in [0.2, 0.25) is 21.7 Å². The molecule has 0 aliphatic carbocycles. The molecule has 2 saturated heterocycles. The lowest BCUT2D eigenvalue weighted by Crippen LogP contribution is -2.57. The summed E-state index contributed by atoms with van der Waals surface area (Å²) in [6, 6.07) is 5.65. The first-order valence-electron chi connectivity index (χ1n) is 13.2. The summed E-state index contributed by atoms with van der Waals surface area (Å²) in [4.78, 5) is 31.4. The van der Waals surface area contributed by atoms with Gasteiger partial charge in [0, 0.05) is 55.9 Å². The standard InChI is InChI=1S/C28H25FN8O4S/c1-2-25(38)35-14-21(15-35)28(39)34-8-5-22(6-9-34)36-17-20(13-32-36)18-10-24(26-19(11-30)12-33-37(26)16-18)42(40,41)27-23(29)4-3-7-31-27/h2-4,7,10,12-13,16-17,21-22H,1,5-6,8-9,14-15H2. The van der Waals surface area contributed by atoms with Crippen LogP contribution < -0.4 is 0 Å². The van der Waals surface area contributed by atoms with E-state index in [4.69, 9.17) is 0 Å². The van der Waals surface area contributed by atoms with E-state index in [0.29, 0.717) is 50.1 Å². The molecule has 0 saturated carbocycles. The molecule has 0 spiro atoms. The van der Waals surface area contributed by atoms with Crippen molar-refractivity contribution in [1.82, 2.24) is 34.2 Å². The number of sulfone groups is 1. The molecule has 12 nitrogen and oxygen atoms in total. The van der Waals surface area contributed by atoms with Crippen LogP contribution in [0, 0.1) is 23.1 Å². The minimum atomic E-state index is -4.46. The minimum absolute atomic E-state index is 0.0208. The molecule has 0 unspecified atom stereocenters. The van der Waals surface area contributed by atoms with Crippen molar-refractivity contribution in [2.24, 2.45) is 5.92 Å². The molecule has 214 valence electrons. The van der Waals surface area contributed by atoms with Gasteiger partial charge in [0.05, 0.1) is 29.9 Å². The van der Waals surface area contributed by atoms with Crippen LogP contribution in [0.15, 0.2) is 71.8 Å². The van der Waals surface area contributed by atoms with Gasteiger partial charge in [-0.05, 0) is 37.1 Å². The predicted molar refractivity (Wildman–Crippen MR) is 146 cm³/mol. The Kier molecular flexibility index (Phi) is 6.82. The van der Waals surface area contributed by atoms with E-state index in [0.717, 1.165) is 6.07 Å². The number of hydrogen-bond donors (Lipinski definition) is 0. The van der Waals surface area contributed by atoms with Crippen LogP contribution in [0.25, 0.3) is 16.6 Å². The number of nitrogens with zero attached hydrogens (tertiary/aromatic N) is 8. The van der Waals surface area contributed by atoms with Crippen molar-refractivity contribution in [3.63, 3.8) is 0 Å². The highest BCUT2D eigenvalue weighted by molar-refractivity contribution is 7.91. The first-order chi connectivity index (χ1) is 20.2. The Hall–Kier alpha value is -4.90. The number of hydrogen-bond acceptors (Lipinski definition) is 8. The zero-order valence-electron chi connectivity index (χ0n) is 22.3. The topological polar surface area (TPSA) is 147 Å². The molecule has 0 bridgehead atoms. The highest BCUT2D eigenvalue weighted by Crippen LogP contribution is 2.33. The number of amides is 2. The van der Waals surface area contributed by atoms with E-state index in [-0.39, 0.29) is 39.7 Å². The average molecular weight is 589 g/mol. The fraction of sp³-hybridized carbons (Fsp3) is 0.286. The lowest BCUT2D eigenvalue weighted by atomic mass is 9.96. The van der Waals surface area contributed by atoms with Gasteiger partial charge in [0.25, 0.3) is 0 Å².